The number of amides is 1. The molecule has 1 aromatic heterocycles. The lowest BCUT2D eigenvalue weighted by Crippen LogP contribution is -2.20. The number of rotatable bonds is 4. The third kappa shape index (κ3) is 3.49. The monoisotopic (exact) mass is 266 g/mol. The fourth-order valence-electron chi connectivity index (χ4n) is 1.31. The molecule has 5 nitrogen and oxygen atoms in total. The van der Waals surface area contributed by atoms with Crippen molar-refractivity contribution in [3.8, 4) is 5.75 Å². The first-order chi connectivity index (χ1) is 8.63. The highest BCUT2D eigenvalue weighted by Crippen LogP contribution is 2.17. The van der Waals surface area contributed by atoms with Gasteiger partial charge in [-0.25, -0.2) is 0 Å². The molecule has 1 amide bonds. The molecule has 0 aliphatic rings. The Morgan fingerprint density at radius 2 is 2.33 bits per heavy atom. The summed E-state index contributed by atoms with van der Waals surface area (Å²) >= 11 is 5.79. The van der Waals surface area contributed by atoms with E-state index in [1.807, 2.05) is 0 Å². The minimum atomic E-state index is -0.316. The molecule has 0 saturated heterocycles. The van der Waals surface area contributed by atoms with Crippen molar-refractivity contribution in [1.29, 1.82) is 0 Å². The standard InChI is InChI=1S/C12H11ClN2O3/c1-8-5-11(15-18-8)14-12(16)7-17-10-4-2-3-9(13)6-10/h2-6H,7H2,1H3,(H,14,15,16). The van der Waals surface area contributed by atoms with Crippen molar-refractivity contribution in [3.63, 3.8) is 0 Å². The zero-order chi connectivity index (χ0) is 13.0. The molecule has 1 heterocycles. The number of benzene rings is 1. The lowest BCUT2D eigenvalue weighted by Gasteiger charge is -2.05. The van der Waals surface area contributed by atoms with Gasteiger partial charge >= 0.3 is 0 Å². The topological polar surface area (TPSA) is 64.4 Å². The molecule has 1 aromatic carbocycles. The third-order valence-corrected chi connectivity index (χ3v) is 2.30. The zero-order valence-electron chi connectivity index (χ0n) is 9.64. The number of halogens is 1. The van der Waals surface area contributed by atoms with Crippen LogP contribution in [0.4, 0.5) is 5.82 Å². The molecule has 2 aromatic rings. The number of hydrogen-bond donors (Lipinski definition) is 1. The lowest BCUT2D eigenvalue weighted by atomic mass is 10.3. The highest BCUT2D eigenvalue weighted by atomic mass is 35.5. The Labute approximate surface area is 109 Å². The van der Waals surface area contributed by atoms with Gasteiger partial charge in [0.05, 0.1) is 0 Å². The molecule has 0 spiro atoms. The average Bonchev–Trinajstić information content (AvgIpc) is 2.72. The van der Waals surface area contributed by atoms with Crippen LogP contribution in [0.15, 0.2) is 34.9 Å². The van der Waals surface area contributed by atoms with Crippen molar-refractivity contribution in [2.75, 3.05) is 11.9 Å². The number of nitrogens with one attached hydrogen (secondary N) is 1. The Morgan fingerprint density at radius 3 is 3.00 bits per heavy atom. The van der Waals surface area contributed by atoms with Gasteiger partial charge in [0, 0.05) is 11.1 Å². The molecule has 94 valence electrons. The Hall–Kier alpha value is -2.01. The highest BCUT2D eigenvalue weighted by molar-refractivity contribution is 6.30. The molecule has 0 fully saturated rings. The average molecular weight is 267 g/mol. The third-order valence-electron chi connectivity index (χ3n) is 2.06. The van der Waals surface area contributed by atoms with Gasteiger partial charge in [-0.05, 0) is 25.1 Å². The quantitative estimate of drug-likeness (QED) is 0.924. The van der Waals surface area contributed by atoms with Crippen molar-refractivity contribution in [2.24, 2.45) is 0 Å². The first-order valence-corrected chi connectivity index (χ1v) is 5.63. The van der Waals surface area contributed by atoms with Gasteiger partial charge in [0.25, 0.3) is 5.91 Å². The summed E-state index contributed by atoms with van der Waals surface area (Å²) in [4.78, 5) is 11.5. The summed E-state index contributed by atoms with van der Waals surface area (Å²) in [5, 5.41) is 6.74. The van der Waals surface area contributed by atoms with Crippen LogP contribution in [-0.4, -0.2) is 17.7 Å². The van der Waals surface area contributed by atoms with E-state index in [1.54, 1.807) is 37.3 Å². The molecule has 1 N–H and O–H groups in total. The van der Waals surface area contributed by atoms with Crippen molar-refractivity contribution >= 4 is 23.3 Å². The summed E-state index contributed by atoms with van der Waals surface area (Å²) < 4.78 is 10.1. The minimum Gasteiger partial charge on any atom is -0.484 e. The van der Waals surface area contributed by atoms with Crippen LogP contribution < -0.4 is 10.1 Å². The van der Waals surface area contributed by atoms with Crippen LogP contribution in [0.5, 0.6) is 5.75 Å². The molecule has 0 aliphatic heterocycles. The number of aryl methyl sites for hydroxylation is 1. The Kier molecular flexibility index (Phi) is 3.84. The minimum absolute atomic E-state index is 0.119. The fourth-order valence-corrected chi connectivity index (χ4v) is 1.49. The molecule has 18 heavy (non-hydrogen) atoms. The number of ether oxygens (including phenoxy) is 1. The molecule has 0 atom stereocenters. The molecule has 0 radical (unpaired) electrons. The zero-order valence-corrected chi connectivity index (χ0v) is 10.4. The molecule has 0 aliphatic carbocycles. The van der Waals surface area contributed by atoms with E-state index in [-0.39, 0.29) is 12.5 Å². The second-order valence-corrected chi connectivity index (χ2v) is 4.05. The number of nitrogens with zero attached hydrogens (tertiary/aromatic N) is 1. The Balaban J connectivity index is 1.85. The molecule has 0 bridgehead atoms. The van der Waals surface area contributed by atoms with Crippen LogP contribution in [0.25, 0.3) is 0 Å². The smallest absolute Gasteiger partial charge is 0.263 e. The summed E-state index contributed by atoms with van der Waals surface area (Å²) in [5.41, 5.74) is 0. The Bertz CT molecular complexity index is 554. The number of hydrogen-bond acceptors (Lipinski definition) is 4. The molecule has 6 heteroatoms. The van der Waals surface area contributed by atoms with Gasteiger partial charge in [-0.15, -0.1) is 0 Å². The van der Waals surface area contributed by atoms with E-state index in [0.29, 0.717) is 22.4 Å². The van der Waals surface area contributed by atoms with Crippen LogP contribution >= 0.6 is 11.6 Å². The maximum atomic E-state index is 11.5. The first kappa shape index (κ1) is 12.4. The maximum absolute atomic E-state index is 11.5. The SMILES string of the molecule is Cc1cc(NC(=O)COc2cccc(Cl)c2)no1. The number of aromatic nitrogens is 1. The highest BCUT2D eigenvalue weighted by Gasteiger charge is 2.07. The molecule has 2 rings (SSSR count). The van der Waals surface area contributed by atoms with Gasteiger partial charge in [-0.3, -0.25) is 4.79 Å². The van der Waals surface area contributed by atoms with Gasteiger partial charge in [0.1, 0.15) is 11.5 Å². The van der Waals surface area contributed by atoms with E-state index in [2.05, 4.69) is 10.5 Å². The van der Waals surface area contributed by atoms with Crippen molar-refractivity contribution in [3.05, 3.63) is 41.1 Å². The van der Waals surface area contributed by atoms with E-state index in [9.17, 15) is 4.79 Å². The largest absolute Gasteiger partial charge is 0.484 e. The second-order valence-electron chi connectivity index (χ2n) is 3.62. The summed E-state index contributed by atoms with van der Waals surface area (Å²) in [6.45, 7) is 1.62. The van der Waals surface area contributed by atoms with E-state index in [1.165, 1.54) is 0 Å². The van der Waals surface area contributed by atoms with Crippen LogP contribution in [0.1, 0.15) is 5.76 Å². The fraction of sp³-hybridized carbons (Fsp3) is 0.167. The summed E-state index contributed by atoms with van der Waals surface area (Å²) in [5.74, 6) is 1.21. The Morgan fingerprint density at radius 1 is 1.50 bits per heavy atom. The van der Waals surface area contributed by atoms with Gasteiger partial charge in [0.15, 0.2) is 12.4 Å². The second kappa shape index (κ2) is 5.55. The summed E-state index contributed by atoms with van der Waals surface area (Å²) in [7, 11) is 0. The van der Waals surface area contributed by atoms with Gasteiger partial charge in [-0.2, -0.15) is 0 Å². The maximum Gasteiger partial charge on any atom is 0.263 e. The van der Waals surface area contributed by atoms with Gasteiger partial charge in [-0.1, -0.05) is 22.8 Å². The van der Waals surface area contributed by atoms with Crippen molar-refractivity contribution in [1.82, 2.24) is 5.16 Å². The number of carbonyl (C=O) groups is 1. The molecule has 0 saturated carbocycles. The van der Waals surface area contributed by atoms with Crippen LogP contribution in [-0.2, 0) is 4.79 Å². The first-order valence-electron chi connectivity index (χ1n) is 5.25. The summed E-state index contributed by atoms with van der Waals surface area (Å²) in [6, 6.07) is 8.45. The van der Waals surface area contributed by atoms with E-state index in [0.717, 1.165) is 0 Å². The normalized spacial score (nSPS) is 10.1. The van der Waals surface area contributed by atoms with E-state index >= 15 is 0 Å². The van der Waals surface area contributed by atoms with Crippen LogP contribution in [0, 0.1) is 6.92 Å². The predicted octanol–water partition coefficient (Wildman–Crippen LogP) is 2.65. The summed E-state index contributed by atoms with van der Waals surface area (Å²) in [6.07, 6.45) is 0. The van der Waals surface area contributed by atoms with E-state index < -0.39 is 0 Å². The van der Waals surface area contributed by atoms with E-state index in [4.69, 9.17) is 20.9 Å². The number of anilines is 1. The molecular weight excluding hydrogens is 256 g/mol. The van der Waals surface area contributed by atoms with Crippen molar-refractivity contribution < 1.29 is 14.1 Å². The van der Waals surface area contributed by atoms with Crippen LogP contribution in [0.3, 0.4) is 0 Å². The predicted molar refractivity (Wildman–Crippen MR) is 66.8 cm³/mol. The van der Waals surface area contributed by atoms with Gasteiger partial charge in [0.2, 0.25) is 0 Å². The molecular formula is C12H11ClN2O3. The van der Waals surface area contributed by atoms with Crippen LogP contribution in [0.2, 0.25) is 5.02 Å². The molecule has 0 unspecified atom stereocenters. The van der Waals surface area contributed by atoms with Gasteiger partial charge < -0.3 is 14.6 Å². The van der Waals surface area contributed by atoms with Crippen molar-refractivity contribution in [2.45, 2.75) is 6.92 Å². The number of carbonyl (C=O) groups excluding carboxylic acids is 1. The lowest BCUT2D eigenvalue weighted by molar-refractivity contribution is -0.118.